The molecule has 7 heteroatoms. The topological polar surface area (TPSA) is 74.2 Å². The first-order valence-electron chi connectivity index (χ1n) is 9.40. The van der Waals surface area contributed by atoms with Crippen LogP contribution >= 0.6 is 23.2 Å². The zero-order valence-corrected chi connectivity index (χ0v) is 17.4. The van der Waals surface area contributed by atoms with Gasteiger partial charge in [-0.15, -0.1) is 0 Å². The number of hydrogen-bond donors (Lipinski definition) is 3. The number of amides is 1. The molecule has 0 bridgehead atoms. The van der Waals surface area contributed by atoms with Gasteiger partial charge in [-0.1, -0.05) is 53.5 Å². The smallest absolute Gasteiger partial charge is 0.262 e. The average Bonchev–Trinajstić information content (AvgIpc) is 2.76. The second-order valence-electron chi connectivity index (χ2n) is 6.93. The highest BCUT2D eigenvalue weighted by Crippen LogP contribution is 2.31. The van der Waals surface area contributed by atoms with Crippen LogP contribution in [0.4, 0.5) is 11.4 Å². The highest BCUT2D eigenvalue weighted by molar-refractivity contribution is 6.42. The van der Waals surface area contributed by atoms with Crippen LogP contribution in [0, 0.1) is 5.41 Å². The van der Waals surface area contributed by atoms with Crippen molar-refractivity contribution < 1.29 is 9.53 Å². The number of benzene rings is 3. The van der Waals surface area contributed by atoms with Crippen molar-refractivity contribution in [3.05, 3.63) is 87.9 Å². The third-order valence-corrected chi connectivity index (χ3v) is 5.64. The van der Waals surface area contributed by atoms with Crippen LogP contribution in [0.2, 0.25) is 10.0 Å². The van der Waals surface area contributed by atoms with Crippen LogP contribution in [0.25, 0.3) is 0 Å². The molecule has 1 unspecified atom stereocenters. The molecule has 1 atom stereocenters. The number of fused-ring (bicyclic) bond motifs is 1. The lowest BCUT2D eigenvalue weighted by atomic mass is 9.89. The SMILES string of the molecule is N=C(c1ccc2c(c1)NC(=O)CO2)C(CNc1ccc(Cl)c(Cl)c1)c1ccccc1. The maximum atomic E-state index is 11.7. The molecule has 3 aromatic rings. The lowest BCUT2D eigenvalue weighted by Gasteiger charge is -2.23. The summed E-state index contributed by atoms with van der Waals surface area (Å²) in [5.41, 5.74) is 3.55. The van der Waals surface area contributed by atoms with Crippen LogP contribution in [0.15, 0.2) is 66.7 Å². The third kappa shape index (κ3) is 4.42. The number of halogens is 2. The second kappa shape index (κ2) is 8.78. The molecule has 1 aliphatic heterocycles. The van der Waals surface area contributed by atoms with E-state index in [2.05, 4.69) is 10.6 Å². The maximum Gasteiger partial charge on any atom is 0.262 e. The Labute approximate surface area is 184 Å². The molecule has 5 nitrogen and oxygen atoms in total. The van der Waals surface area contributed by atoms with Crippen LogP contribution in [0.3, 0.4) is 0 Å². The predicted octanol–water partition coefficient (Wildman–Crippen LogP) is 5.59. The lowest BCUT2D eigenvalue weighted by Crippen LogP contribution is -2.26. The summed E-state index contributed by atoms with van der Waals surface area (Å²) >= 11 is 12.1. The Morgan fingerprint density at radius 2 is 1.87 bits per heavy atom. The van der Waals surface area contributed by atoms with Crippen molar-refractivity contribution >= 4 is 46.2 Å². The van der Waals surface area contributed by atoms with Crippen LogP contribution in [-0.4, -0.2) is 24.8 Å². The Balaban J connectivity index is 1.61. The zero-order chi connectivity index (χ0) is 21.1. The van der Waals surface area contributed by atoms with Gasteiger partial charge in [0, 0.05) is 23.9 Å². The zero-order valence-electron chi connectivity index (χ0n) is 15.9. The van der Waals surface area contributed by atoms with Gasteiger partial charge in [-0.3, -0.25) is 4.79 Å². The molecule has 3 N–H and O–H groups in total. The van der Waals surface area contributed by atoms with Crippen LogP contribution < -0.4 is 15.4 Å². The summed E-state index contributed by atoms with van der Waals surface area (Å²) in [4.78, 5) is 11.7. The molecule has 1 amide bonds. The quantitative estimate of drug-likeness (QED) is 0.438. The van der Waals surface area contributed by atoms with Gasteiger partial charge in [-0.25, -0.2) is 0 Å². The second-order valence-corrected chi connectivity index (χ2v) is 7.75. The molecule has 0 aliphatic carbocycles. The fourth-order valence-corrected chi connectivity index (χ4v) is 3.65. The summed E-state index contributed by atoms with van der Waals surface area (Å²) in [6.45, 7) is 0.491. The normalized spacial score (nSPS) is 13.6. The lowest BCUT2D eigenvalue weighted by molar-refractivity contribution is -0.118. The van der Waals surface area contributed by atoms with Crippen molar-refractivity contribution in [1.29, 1.82) is 5.41 Å². The molecule has 0 aromatic heterocycles. The monoisotopic (exact) mass is 439 g/mol. The van der Waals surface area contributed by atoms with Gasteiger partial charge >= 0.3 is 0 Å². The summed E-state index contributed by atoms with van der Waals surface area (Å²) in [6, 6.07) is 20.6. The first kappa shape index (κ1) is 20.3. The number of hydrogen-bond acceptors (Lipinski definition) is 4. The first-order valence-corrected chi connectivity index (χ1v) is 10.2. The molecule has 0 fully saturated rings. The number of ether oxygens (including phenoxy) is 1. The molecule has 4 rings (SSSR count). The number of nitrogens with one attached hydrogen (secondary N) is 3. The van der Waals surface area contributed by atoms with E-state index in [0.717, 1.165) is 11.3 Å². The first-order chi connectivity index (χ1) is 14.5. The molecular weight excluding hydrogens is 421 g/mol. The van der Waals surface area contributed by atoms with E-state index in [1.165, 1.54) is 0 Å². The molecular formula is C23H19Cl2N3O2. The predicted molar refractivity (Wildman–Crippen MR) is 122 cm³/mol. The number of carbonyl (C=O) groups excluding carboxylic acids is 1. The molecule has 0 saturated heterocycles. The van der Waals surface area contributed by atoms with E-state index in [9.17, 15) is 4.79 Å². The van der Waals surface area contributed by atoms with Gasteiger partial charge in [0.25, 0.3) is 5.91 Å². The van der Waals surface area contributed by atoms with Gasteiger partial charge in [-0.2, -0.15) is 0 Å². The molecule has 1 aliphatic rings. The van der Waals surface area contributed by atoms with Crippen LogP contribution in [0.1, 0.15) is 17.0 Å². The Bertz CT molecular complexity index is 1100. The average molecular weight is 440 g/mol. The van der Waals surface area contributed by atoms with Crippen molar-refractivity contribution in [2.75, 3.05) is 23.8 Å². The van der Waals surface area contributed by atoms with Gasteiger partial charge in [0.2, 0.25) is 0 Å². The Morgan fingerprint density at radius 3 is 2.63 bits per heavy atom. The fourth-order valence-electron chi connectivity index (χ4n) is 3.35. The van der Waals surface area contributed by atoms with Crippen molar-refractivity contribution in [2.24, 2.45) is 0 Å². The Kier molecular flexibility index (Phi) is 5.93. The molecule has 0 saturated carbocycles. The van der Waals surface area contributed by atoms with Gasteiger partial charge in [-0.05, 0) is 47.5 Å². The number of carbonyl (C=O) groups is 1. The van der Waals surface area contributed by atoms with Gasteiger partial charge in [0.05, 0.1) is 15.7 Å². The van der Waals surface area contributed by atoms with Crippen molar-refractivity contribution in [3.63, 3.8) is 0 Å². The van der Waals surface area contributed by atoms with Gasteiger partial charge in [0.15, 0.2) is 6.61 Å². The summed E-state index contributed by atoms with van der Waals surface area (Å²) in [6.07, 6.45) is 0. The molecule has 30 heavy (non-hydrogen) atoms. The minimum absolute atomic E-state index is 0.00397. The molecule has 0 spiro atoms. The minimum Gasteiger partial charge on any atom is -0.482 e. The van der Waals surface area contributed by atoms with E-state index in [4.69, 9.17) is 33.3 Å². The number of rotatable bonds is 6. The molecule has 152 valence electrons. The van der Waals surface area contributed by atoms with E-state index in [0.29, 0.717) is 39.3 Å². The third-order valence-electron chi connectivity index (χ3n) is 4.90. The molecule has 3 aromatic carbocycles. The summed E-state index contributed by atoms with van der Waals surface area (Å²) < 4.78 is 5.42. The largest absolute Gasteiger partial charge is 0.482 e. The Hall–Kier alpha value is -3.02. The summed E-state index contributed by atoms with van der Waals surface area (Å²) in [5.74, 6) is 0.183. The Morgan fingerprint density at radius 1 is 1.07 bits per heavy atom. The van der Waals surface area contributed by atoms with Crippen molar-refractivity contribution in [3.8, 4) is 5.75 Å². The van der Waals surface area contributed by atoms with Gasteiger partial charge < -0.3 is 20.8 Å². The molecule has 1 heterocycles. The van der Waals surface area contributed by atoms with E-state index in [1.807, 2.05) is 42.5 Å². The summed E-state index contributed by atoms with van der Waals surface area (Å²) in [5, 5.41) is 16.0. The van der Waals surface area contributed by atoms with E-state index in [-0.39, 0.29) is 18.4 Å². The summed E-state index contributed by atoms with van der Waals surface area (Å²) in [7, 11) is 0. The van der Waals surface area contributed by atoms with E-state index >= 15 is 0 Å². The van der Waals surface area contributed by atoms with Crippen molar-refractivity contribution in [1.82, 2.24) is 0 Å². The standard InChI is InChI=1S/C23H19Cl2N3O2/c24-18-8-7-16(11-19(18)25)27-12-17(14-4-2-1-3-5-14)23(26)15-6-9-21-20(10-15)28-22(29)13-30-21/h1-11,17,26-27H,12-13H2,(H,28,29). The highest BCUT2D eigenvalue weighted by atomic mass is 35.5. The minimum atomic E-state index is -0.223. The van der Waals surface area contributed by atoms with E-state index < -0.39 is 0 Å². The van der Waals surface area contributed by atoms with Crippen LogP contribution in [0.5, 0.6) is 5.75 Å². The number of anilines is 2. The van der Waals surface area contributed by atoms with Gasteiger partial charge in [0.1, 0.15) is 5.75 Å². The highest BCUT2D eigenvalue weighted by Gasteiger charge is 2.22. The van der Waals surface area contributed by atoms with E-state index in [1.54, 1.807) is 24.3 Å². The fraction of sp³-hybridized carbons (Fsp3) is 0.130. The maximum absolute atomic E-state index is 11.7. The molecule has 0 radical (unpaired) electrons. The van der Waals surface area contributed by atoms with Crippen LogP contribution in [-0.2, 0) is 4.79 Å². The van der Waals surface area contributed by atoms with Crippen molar-refractivity contribution in [2.45, 2.75) is 5.92 Å².